The van der Waals surface area contributed by atoms with Crippen molar-refractivity contribution in [3.05, 3.63) is 0 Å². The highest BCUT2D eigenvalue weighted by Gasteiger charge is 2.20. The van der Waals surface area contributed by atoms with Gasteiger partial charge in [0, 0.05) is 24.9 Å². The summed E-state index contributed by atoms with van der Waals surface area (Å²) >= 11 is 0. The molecule has 0 spiro atoms. The fourth-order valence-electron chi connectivity index (χ4n) is 1.69. The van der Waals surface area contributed by atoms with Crippen LogP contribution in [0.2, 0.25) is 0 Å². The zero-order chi connectivity index (χ0) is 11.3. The van der Waals surface area contributed by atoms with Crippen LogP contribution in [0, 0.1) is 23.7 Å². The average Bonchev–Trinajstić information content (AvgIpc) is 2.26. The van der Waals surface area contributed by atoms with Gasteiger partial charge in [0.1, 0.15) is 0 Å². The van der Waals surface area contributed by atoms with Gasteiger partial charge in [0.15, 0.2) is 0 Å². The lowest BCUT2D eigenvalue weighted by atomic mass is 9.97. The van der Waals surface area contributed by atoms with E-state index >= 15 is 0 Å². The monoisotopic (exact) mass is 208 g/mol. The first-order valence-corrected chi connectivity index (χ1v) is 5.62. The topological polar surface area (TPSA) is 46.3 Å². The van der Waals surface area contributed by atoms with Gasteiger partial charge >= 0.3 is 0 Å². The van der Waals surface area contributed by atoms with Crippen LogP contribution in [0.1, 0.15) is 26.7 Å². The molecule has 0 aromatic carbocycles. The molecule has 3 nitrogen and oxygen atoms in total. The molecule has 0 saturated carbocycles. The minimum Gasteiger partial charge on any atom is -0.342 e. The maximum absolute atomic E-state index is 11.3. The third-order valence-corrected chi connectivity index (χ3v) is 2.60. The van der Waals surface area contributed by atoms with E-state index in [2.05, 4.69) is 25.7 Å². The standard InChI is InChI=1S/C12H20N2O/c1-10(2)3-4-11-5-7-14(8-6-11)12(15)9-13/h10-11H,5-9,13H2,1-2H3. The first kappa shape index (κ1) is 12.1. The summed E-state index contributed by atoms with van der Waals surface area (Å²) in [5, 5.41) is 0. The quantitative estimate of drug-likeness (QED) is 0.649. The number of piperidine rings is 1. The van der Waals surface area contributed by atoms with Gasteiger partial charge in [0.2, 0.25) is 5.91 Å². The highest BCUT2D eigenvalue weighted by atomic mass is 16.2. The summed E-state index contributed by atoms with van der Waals surface area (Å²) in [7, 11) is 0. The predicted molar refractivity (Wildman–Crippen MR) is 61.0 cm³/mol. The fourth-order valence-corrected chi connectivity index (χ4v) is 1.69. The number of rotatable bonds is 1. The van der Waals surface area contributed by atoms with Crippen molar-refractivity contribution in [1.82, 2.24) is 4.90 Å². The lowest BCUT2D eigenvalue weighted by molar-refractivity contribution is -0.130. The molecule has 0 atom stereocenters. The fraction of sp³-hybridized carbons (Fsp3) is 0.750. The maximum atomic E-state index is 11.3. The highest BCUT2D eigenvalue weighted by molar-refractivity contribution is 5.78. The molecule has 1 saturated heterocycles. The number of likely N-dealkylation sites (tertiary alicyclic amines) is 1. The number of carbonyl (C=O) groups excluding carboxylic acids is 1. The van der Waals surface area contributed by atoms with Crippen LogP contribution in [-0.4, -0.2) is 30.4 Å². The van der Waals surface area contributed by atoms with E-state index in [0.717, 1.165) is 25.9 Å². The highest BCUT2D eigenvalue weighted by Crippen LogP contribution is 2.16. The number of nitrogens with zero attached hydrogens (tertiary/aromatic N) is 1. The summed E-state index contributed by atoms with van der Waals surface area (Å²) in [5.74, 6) is 7.44. The van der Waals surface area contributed by atoms with Gasteiger partial charge in [0.25, 0.3) is 0 Å². The van der Waals surface area contributed by atoms with E-state index in [9.17, 15) is 4.79 Å². The SMILES string of the molecule is CC(C)C#CC1CCN(C(=O)CN)CC1. The third kappa shape index (κ3) is 3.93. The lowest BCUT2D eigenvalue weighted by Gasteiger charge is -2.29. The van der Waals surface area contributed by atoms with Gasteiger partial charge in [-0.2, -0.15) is 0 Å². The molecule has 0 bridgehead atoms. The van der Waals surface area contributed by atoms with Gasteiger partial charge < -0.3 is 10.6 Å². The lowest BCUT2D eigenvalue weighted by Crippen LogP contribution is -2.41. The van der Waals surface area contributed by atoms with E-state index in [0.29, 0.717) is 11.8 Å². The predicted octanol–water partition coefficient (Wildman–Crippen LogP) is 0.843. The minimum absolute atomic E-state index is 0.0604. The summed E-state index contributed by atoms with van der Waals surface area (Å²) in [5.41, 5.74) is 5.32. The average molecular weight is 208 g/mol. The van der Waals surface area contributed by atoms with E-state index in [-0.39, 0.29) is 12.5 Å². The number of hydrogen-bond donors (Lipinski definition) is 1. The largest absolute Gasteiger partial charge is 0.342 e. The Balaban J connectivity index is 2.37. The van der Waals surface area contributed by atoms with E-state index in [1.165, 1.54) is 0 Å². The Bertz CT molecular complexity index is 267. The van der Waals surface area contributed by atoms with Crippen molar-refractivity contribution in [2.75, 3.05) is 19.6 Å². The molecule has 0 unspecified atom stereocenters. The van der Waals surface area contributed by atoms with Crippen LogP contribution in [0.25, 0.3) is 0 Å². The van der Waals surface area contributed by atoms with Gasteiger partial charge in [-0.15, -0.1) is 5.92 Å². The van der Waals surface area contributed by atoms with Crippen molar-refractivity contribution >= 4 is 5.91 Å². The molecule has 0 aromatic rings. The zero-order valence-corrected chi connectivity index (χ0v) is 9.62. The Morgan fingerprint density at radius 3 is 2.53 bits per heavy atom. The van der Waals surface area contributed by atoms with Gasteiger partial charge in [-0.25, -0.2) is 0 Å². The van der Waals surface area contributed by atoms with Crippen LogP contribution in [-0.2, 0) is 4.79 Å². The number of nitrogens with two attached hydrogens (primary N) is 1. The van der Waals surface area contributed by atoms with Crippen LogP contribution >= 0.6 is 0 Å². The molecule has 0 aromatic heterocycles. The molecule has 15 heavy (non-hydrogen) atoms. The van der Waals surface area contributed by atoms with Gasteiger partial charge in [0.05, 0.1) is 6.54 Å². The summed E-state index contributed by atoms with van der Waals surface area (Å²) in [4.78, 5) is 13.1. The van der Waals surface area contributed by atoms with Crippen LogP contribution in [0.4, 0.5) is 0 Å². The summed E-state index contributed by atoms with van der Waals surface area (Å²) in [6.07, 6.45) is 1.98. The molecular weight excluding hydrogens is 188 g/mol. The smallest absolute Gasteiger partial charge is 0.236 e. The number of hydrogen-bond acceptors (Lipinski definition) is 2. The number of amides is 1. The zero-order valence-electron chi connectivity index (χ0n) is 9.62. The molecule has 2 N–H and O–H groups in total. The first-order chi connectivity index (χ1) is 7.13. The molecule has 0 radical (unpaired) electrons. The molecule has 1 rings (SSSR count). The summed E-state index contributed by atoms with van der Waals surface area (Å²) in [6.45, 7) is 5.95. The van der Waals surface area contributed by atoms with Crippen LogP contribution in [0.3, 0.4) is 0 Å². The Kier molecular flexibility index (Phi) is 4.64. The second-order valence-corrected chi connectivity index (χ2v) is 4.30. The van der Waals surface area contributed by atoms with Gasteiger partial charge in [-0.3, -0.25) is 4.79 Å². The van der Waals surface area contributed by atoms with Crippen molar-refractivity contribution < 1.29 is 4.79 Å². The van der Waals surface area contributed by atoms with Crippen LogP contribution < -0.4 is 5.73 Å². The molecule has 1 amide bonds. The number of carbonyl (C=O) groups is 1. The van der Waals surface area contributed by atoms with Gasteiger partial charge in [-0.05, 0) is 12.8 Å². The Morgan fingerprint density at radius 1 is 1.47 bits per heavy atom. The minimum atomic E-state index is 0.0604. The molecule has 1 fully saturated rings. The normalized spacial score (nSPS) is 17.5. The second kappa shape index (κ2) is 5.77. The molecular formula is C12H20N2O. The van der Waals surface area contributed by atoms with E-state index < -0.39 is 0 Å². The first-order valence-electron chi connectivity index (χ1n) is 5.62. The van der Waals surface area contributed by atoms with Crippen LogP contribution in [0.15, 0.2) is 0 Å². The molecule has 84 valence electrons. The summed E-state index contributed by atoms with van der Waals surface area (Å²) < 4.78 is 0. The second-order valence-electron chi connectivity index (χ2n) is 4.30. The molecule has 1 aliphatic heterocycles. The molecule has 1 aliphatic rings. The van der Waals surface area contributed by atoms with Gasteiger partial charge in [-0.1, -0.05) is 19.8 Å². The molecule has 1 heterocycles. The third-order valence-electron chi connectivity index (χ3n) is 2.60. The maximum Gasteiger partial charge on any atom is 0.236 e. The Labute approximate surface area is 92.0 Å². The van der Waals surface area contributed by atoms with E-state index in [4.69, 9.17) is 5.73 Å². The molecule has 3 heteroatoms. The Hall–Kier alpha value is -1.01. The molecule has 0 aliphatic carbocycles. The van der Waals surface area contributed by atoms with Crippen molar-refractivity contribution in [2.24, 2.45) is 17.6 Å². The van der Waals surface area contributed by atoms with Crippen molar-refractivity contribution in [3.63, 3.8) is 0 Å². The van der Waals surface area contributed by atoms with Crippen LogP contribution in [0.5, 0.6) is 0 Å². The van der Waals surface area contributed by atoms with E-state index in [1.807, 2.05) is 4.90 Å². The van der Waals surface area contributed by atoms with Crippen molar-refractivity contribution in [2.45, 2.75) is 26.7 Å². The van der Waals surface area contributed by atoms with Crippen molar-refractivity contribution in [1.29, 1.82) is 0 Å². The Morgan fingerprint density at radius 2 is 2.07 bits per heavy atom. The van der Waals surface area contributed by atoms with Crippen molar-refractivity contribution in [3.8, 4) is 11.8 Å². The van der Waals surface area contributed by atoms with E-state index in [1.54, 1.807) is 0 Å². The summed E-state index contributed by atoms with van der Waals surface area (Å²) in [6, 6.07) is 0.